The van der Waals surface area contributed by atoms with Gasteiger partial charge < -0.3 is 10.8 Å². The number of hydrogen-bond acceptors (Lipinski definition) is 2. The van der Waals surface area contributed by atoms with Gasteiger partial charge in [0.2, 0.25) is 0 Å². The Labute approximate surface area is 61.4 Å². The summed E-state index contributed by atoms with van der Waals surface area (Å²) in [5.74, 6) is 0. The molecule has 0 aliphatic rings. The lowest BCUT2D eigenvalue weighted by Gasteiger charge is -2.06. The summed E-state index contributed by atoms with van der Waals surface area (Å²) in [5.41, 5.74) is 5.91. The first-order valence-electron chi connectivity index (χ1n) is 3.09. The van der Waals surface area contributed by atoms with E-state index in [0.717, 1.165) is 0 Å². The van der Waals surface area contributed by atoms with Crippen molar-refractivity contribution in [2.24, 2.45) is 5.73 Å². The Morgan fingerprint density at radius 3 is 2.50 bits per heavy atom. The molecule has 0 bridgehead atoms. The molecule has 2 heteroatoms. The summed E-state index contributed by atoms with van der Waals surface area (Å²) in [6.45, 7) is 7.22. The molecular formula is C8H13NO. The van der Waals surface area contributed by atoms with Gasteiger partial charge in [-0.2, -0.15) is 0 Å². The van der Waals surface area contributed by atoms with Crippen molar-refractivity contribution in [3.63, 3.8) is 0 Å². The van der Waals surface area contributed by atoms with Crippen LogP contribution in [0.25, 0.3) is 0 Å². The van der Waals surface area contributed by atoms with Crippen molar-refractivity contribution in [3.8, 4) is 0 Å². The number of hydrogen-bond donors (Lipinski definition) is 2. The predicted molar refractivity (Wildman–Crippen MR) is 43.5 cm³/mol. The fourth-order valence-electron chi connectivity index (χ4n) is 0.587. The quantitative estimate of drug-likeness (QED) is 0.560. The molecular weight excluding hydrogens is 126 g/mol. The lowest BCUT2D eigenvalue weighted by atomic mass is 10.1. The SMILES string of the molecule is C=C/C=C(\C=C)C(O)CN. The highest BCUT2D eigenvalue weighted by Gasteiger charge is 2.02. The molecule has 0 saturated carbocycles. The van der Waals surface area contributed by atoms with E-state index in [4.69, 9.17) is 10.8 Å². The second-order valence-electron chi connectivity index (χ2n) is 1.86. The maximum absolute atomic E-state index is 9.14. The molecule has 56 valence electrons. The molecule has 10 heavy (non-hydrogen) atoms. The minimum absolute atomic E-state index is 0.214. The second-order valence-corrected chi connectivity index (χ2v) is 1.86. The van der Waals surface area contributed by atoms with Crippen LogP contribution in [0, 0.1) is 0 Å². The Balaban J connectivity index is 4.18. The summed E-state index contributed by atoms with van der Waals surface area (Å²) < 4.78 is 0. The maximum Gasteiger partial charge on any atom is 0.0912 e. The van der Waals surface area contributed by atoms with Crippen LogP contribution in [0.2, 0.25) is 0 Å². The van der Waals surface area contributed by atoms with Crippen molar-refractivity contribution in [1.82, 2.24) is 0 Å². The Kier molecular flexibility index (Phi) is 4.54. The van der Waals surface area contributed by atoms with E-state index >= 15 is 0 Å². The van der Waals surface area contributed by atoms with Gasteiger partial charge in [-0.25, -0.2) is 0 Å². The van der Waals surface area contributed by atoms with Crippen molar-refractivity contribution in [2.75, 3.05) is 6.54 Å². The molecule has 1 atom stereocenters. The van der Waals surface area contributed by atoms with Gasteiger partial charge in [-0.05, 0) is 5.57 Å². The van der Waals surface area contributed by atoms with Gasteiger partial charge in [0.15, 0.2) is 0 Å². The number of aliphatic hydroxyl groups is 1. The van der Waals surface area contributed by atoms with Crippen LogP contribution in [0.1, 0.15) is 0 Å². The third-order valence-electron chi connectivity index (χ3n) is 1.15. The van der Waals surface area contributed by atoms with E-state index < -0.39 is 6.10 Å². The monoisotopic (exact) mass is 139 g/mol. The van der Waals surface area contributed by atoms with Gasteiger partial charge in [-0.1, -0.05) is 31.4 Å². The molecule has 0 radical (unpaired) electrons. The van der Waals surface area contributed by atoms with E-state index in [2.05, 4.69) is 13.2 Å². The molecule has 0 heterocycles. The highest BCUT2D eigenvalue weighted by Crippen LogP contribution is 2.01. The van der Waals surface area contributed by atoms with Crippen molar-refractivity contribution in [1.29, 1.82) is 0 Å². The van der Waals surface area contributed by atoms with Crippen LogP contribution >= 0.6 is 0 Å². The Morgan fingerprint density at radius 1 is 1.60 bits per heavy atom. The zero-order chi connectivity index (χ0) is 7.98. The van der Waals surface area contributed by atoms with Crippen molar-refractivity contribution in [3.05, 3.63) is 37.0 Å². The first-order valence-corrected chi connectivity index (χ1v) is 3.09. The fraction of sp³-hybridized carbons (Fsp3) is 0.250. The molecule has 0 aliphatic heterocycles. The van der Waals surface area contributed by atoms with Crippen LogP contribution in [0.15, 0.2) is 37.0 Å². The summed E-state index contributed by atoms with van der Waals surface area (Å²) in [4.78, 5) is 0. The summed E-state index contributed by atoms with van der Waals surface area (Å²) in [6, 6.07) is 0. The maximum atomic E-state index is 9.14. The summed E-state index contributed by atoms with van der Waals surface area (Å²) >= 11 is 0. The van der Waals surface area contributed by atoms with Crippen LogP contribution < -0.4 is 5.73 Å². The standard InChI is InChI=1S/C8H13NO/c1-3-5-7(4-2)8(10)6-9/h3-5,8,10H,1-2,6,9H2/b7-5+. The Morgan fingerprint density at radius 2 is 2.20 bits per heavy atom. The summed E-state index contributed by atoms with van der Waals surface area (Å²) in [5, 5.41) is 9.14. The van der Waals surface area contributed by atoms with Gasteiger partial charge in [-0.3, -0.25) is 0 Å². The van der Waals surface area contributed by atoms with E-state index in [1.54, 1.807) is 18.2 Å². The average Bonchev–Trinajstić information content (AvgIpc) is 1.99. The van der Waals surface area contributed by atoms with Crippen LogP contribution in [0.5, 0.6) is 0 Å². The van der Waals surface area contributed by atoms with E-state index in [9.17, 15) is 0 Å². The molecule has 0 fully saturated rings. The highest BCUT2D eigenvalue weighted by atomic mass is 16.3. The van der Waals surface area contributed by atoms with E-state index in [-0.39, 0.29) is 6.54 Å². The van der Waals surface area contributed by atoms with Gasteiger partial charge in [0, 0.05) is 6.54 Å². The topological polar surface area (TPSA) is 46.2 Å². The predicted octanol–water partition coefficient (Wildman–Crippen LogP) is 0.604. The van der Waals surface area contributed by atoms with Crippen molar-refractivity contribution >= 4 is 0 Å². The lowest BCUT2D eigenvalue weighted by Crippen LogP contribution is -2.20. The zero-order valence-corrected chi connectivity index (χ0v) is 5.96. The average molecular weight is 139 g/mol. The first-order chi connectivity index (χ1) is 4.76. The lowest BCUT2D eigenvalue weighted by molar-refractivity contribution is 0.223. The number of rotatable bonds is 4. The zero-order valence-electron chi connectivity index (χ0n) is 5.96. The second kappa shape index (κ2) is 4.97. The van der Waals surface area contributed by atoms with Crippen LogP contribution in [-0.2, 0) is 0 Å². The van der Waals surface area contributed by atoms with Gasteiger partial charge in [0.25, 0.3) is 0 Å². The third-order valence-corrected chi connectivity index (χ3v) is 1.15. The normalized spacial score (nSPS) is 14.4. The number of aliphatic hydroxyl groups excluding tert-OH is 1. The molecule has 0 aromatic rings. The van der Waals surface area contributed by atoms with Crippen LogP contribution in [0.3, 0.4) is 0 Å². The molecule has 0 saturated heterocycles. The largest absolute Gasteiger partial charge is 0.387 e. The molecule has 0 aromatic carbocycles. The molecule has 0 aromatic heterocycles. The van der Waals surface area contributed by atoms with E-state index in [1.807, 2.05) is 0 Å². The van der Waals surface area contributed by atoms with Crippen molar-refractivity contribution in [2.45, 2.75) is 6.10 Å². The van der Waals surface area contributed by atoms with E-state index in [1.165, 1.54) is 0 Å². The molecule has 0 rings (SSSR count). The minimum atomic E-state index is -0.615. The Bertz CT molecular complexity index is 149. The smallest absolute Gasteiger partial charge is 0.0912 e. The molecule has 3 N–H and O–H groups in total. The fourth-order valence-corrected chi connectivity index (χ4v) is 0.587. The molecule has 0 amide bonds. The van der Waals surface area contributed by atoms with Gasteiger partial charge in [-0.15, -0.1) is 0 Å². The van der Waals surface area contributed by atoms with Crippen molar-refractivity contribution < 1.29 is 5.11 Å². The van der Waals surface area contributed by atoms with Gasteiger partial charge in [0.1, 0.15) is 0 Å². The molecule has 1 unspecified atom stereocenters. The number of allylic oxidation sites excluding steroid dienone is 2. The third kappa shape index (κ3) is 2.62. The van der Waals surface area contributed by atoms with Crippen LogP contribution in [0.4, 0.5) is 0 Å². The molecule has 2 nitrogen and oxygen atoms in total. The highest BCUT2D eigenvalue weighted by molar-refractivity contribution is 5.25. The minimum Gasteiger partial charge on any atom is -0.387 e. The summed E-state index contributed by atoms with van der Waals surface area (Å²) in [6.07, 6.45) is 4.23. The van der Waals surface area contributed by atoms with Crippen LogP contribution in [-0.4, -0.2) is 17.8 Å². The van der Waals surface area contributed by atoms with Gasteiger partial charge >= 0.3 is 0 Å². The Hall–Kier alpha value is -0.860. The van der Waals surface area contributed by atoms with Gasteiger partial charge in [0.05, 0.1) is 6.10 Å². The van der Waals surface area contributed by atoms with E-state index in [0.29, 0.717) is 5.57 Å². The molecule has 0 aliphatic carbocycles. The first kappa shape index (κ1) is 9.14. The molecule has 0 spiro atoms. The summed E-state index contributed by atoms with van der Waals surface area (Å²) in [7, 11) is 0. The number of nitrogens with two attached hydrogens (primary N) is 1.